The van der Waals surface area contributed by atoms with E-state index in [-0.39, 0.29) is 24.4 Å². The van der Waals surface area contributed by atoms with Crippen molar-refractivity contribution in [1.82, 2.24) is 14.8 Å². The number of carbonyl (C=O) groups excluding carboxylic acids is 2. The van der Waals surface area contributed by atoms with Crippen LogP contribution in [-0.4, -0.2) is 85.4 Å². The first-order valence-corrected chi connectivity index (χ1v) is 14.5. The summed E-state index contributed by atoms with van der Waals surface area (Å²) in [4.78, 5) is 33.6. The molecule has 8 nitrogen and oxygen atoms in total. The molecule has 1 saturated heterocycles. The predicted octanol–water partition coefficient (Wildman–Crippen LogP) is 4.28. The van der Waals surface area contributed by atoms with Crippen LogP contribution in [0.4, 0.5) is 0 Å². The molecule has 1 fully saturated rings. The van der Waals surface area contributed by atoms with Crippen LogP contribution in [-0.2, 0) is 9.53 Å². The van der Waals surface area contributed by atoms with Crippen molar-refractivity contribution >= 4 is 40.2 Å². The number of methoxy groups -OCH3 is 1. The maximum Gasteiger partial charge on any atom is 0.262 e. The minimum absolute atomic E-state index is 0.0443. The van der Waals surface area contributed by atoms with E-state index in [4.69, 9.17) is 14.6 Å². The second-order valence-electron chi connectivity index (χ2n) is 9.36. The van der Waals surface area contributed by atoms with Gasteiger partial charge in [0.15, 0.2) is 0 Å². The molecule has 5 rings (SSSR count). The fourth-order valence-corrected chi connectivity index (χ4v) is 6.49. The Kier molecular flexibility index (Phi) is 8.53. The highest BCUT2D eigenvalue weighted by Gasteiger charge is 2.36. The van der Waals surface area contributed by atoms with E-state index in [1.54, 1.807) is 64.0 Å². The van der Waals surface area contributed by atoms with Crippen molar-refractivity contribution in [1.29, 1.82) is 0 Å². The van der Waals surface area contributed by atoms with Gasteiger partial charge in [-0.05, 0) is 59.6 Å². The fourth-order valence-electron chi connectivity index (χ4n) is 4.75. The van der Waals surface area contributed by atoms with Crippen LogP contribution >= 0.6 is 22.7 Å². The smallest absolute Gasteiger partial charge is 0.262 e. The Balaban J connectivity index is 1.38. The van der Waals surface area contributed by atoms with Crippen LogP contribution in [0.2, 0.25) is 0 Å². The van der Waals surface area contributed by atoms with Gasteiger partial charge in [0.05, 0.1) is 37.0 Å². The second-order valence-corrected chi connectivity index (χ2v) is 11.3. The average molecular weight is 553 g/mol. The normalized spacial score (nSPS) is 17.9. The molecule has 2 aliphatic heterocycles. The molecule has 0 spiro atoms. The van der Waals surface area contributed by atoms with Crippen LogP contribution in [0.3, 0.4) is 0 Å². The average Bonchev–Trinajstić information content (AvgIpc) is 3.72. The molecule has 1 aromatic carbocycles. The number of rotatable bonds is 9. The van der Waals surface area contributed by atoms with Crippen LogP contribution < -0.4 is 4.74 Å². The van der Waals surface area contributed by atoms with Crippen molar-refractivity contribution in [3.8, 4) is 5.75 Å². The van der Waals surface area contributed by atoms with Crippen molar-refractivity contribution in [2.75, 3.05) is 53.0 Å². The Morgan fingerprint density at radius 1 is 1.11 bits per heavy atom. The van der Waals surface area contributed by atoms with Gasteiger partial charge in [0.25, 0.3) is 11.8 Å². The van der Waals surface area contributed by atoms with Crippen molar-refractivity contribution < 1.29 is 19.1 Å². The lowest BCUT2D eigenvalue weighted by Gasteiger charge is -2.31. The van der Waals surface area contributed by atoms with Gasteiger partial charge < -0.3 is 14.4 Å². The van der Waals surface area contributed by atoms with E-state index in [0.29, 0.717) is 44.0 Å². The molecular weight excluding hydrogens is 520 g/mol. The van der Waals surface area contributed by atoms with Gasteiger partial charge in [-0.3, -0.25) is 14.5 Å². The number of carbonyl (C=O) groups is 2. The summed E-state index contributed by atoms with van der Waals surface area (Å²) in [6.45, 7) is 6.14. The first-order chi connectivity index (χ1) is 18.5. The highest BCUT2D eigenvalue weighted by Crippen LogP contribution is 2.38. The molecule has 2 aliphatic rings. The third-order valence-corrected chi connectivity index (χ3v) is 8.96. The van der Waals surface area contributed by atoms with E-state index in [0.717, 1.165) is 34.1 Å². The number of hydrogen-bond acceptors (Lipinski definition) is 8. The molecule has 0 aliphatic carbocycles. The number of benzene rings is 1. The number of ether oxygens (including phenoxy) is 2. The topological polar surface area (TPSA) is 74.7 Å². The number of amides is 2. The summed E-state index contributed by atoms with van der Waals surface area (Å²) >= 11 is 3.27. The quantitative estimate of drug-likeness (QED) is 0.396. The van der Waals surface area contributed by atoms with Gasteiger partial charge in [-0.2, -0.15) is 5.10 Å². The Morgan fingerprint density at radius 2 is 1.89 bits per heavy atom. The lowest BCUT2D eigenvalue weighted by molar-refractivity contribution is -0.133. The summed E-state index contributed by atoms with van der Waals surface area (Å²) in [5, 5.41) is 10.5. The zero-order valence-corrected chi connectivity index (χ0v) is 23.3. The van der Waals surface area contributed by atoms with E-state index in [2.05, 4.69) is 23.3 Å². The molecule has 2 aromatic heterocycles. The number of hydrazone groups is 1. The van der Waals surface area contributed by atoms with Crippen LogP contribution in [0.1, 0.15) is 38.1 Å². The largest absolute Gasteiger partial charge is 0.497 e. The summed E-state index contributed by atoms with van der Waals surface area (Å²) in [6, 6.07) is 13.0. The highest BCUT2D eigenvalue weighted by molar-refractivity contribution is 7.12. The SMILES string of the molecule is COc1ccc(C(=O)N(CCN2CCOCC2)CC(=O)N2N=C(c3cccs3)C[C@H]2c2sccc2C)cc1. The fraction of sp³-hybridized carbons (Fsp3) is 0.393. The third kappa shape index (κ3) is 5.99. The molecule has 1 atom stereocenters. The molecular formula is C28H32N4O4S2. The Morgan fingerprint density at radius 3 is 2.55 bits per heavy atom. The molecule has 200 valence electrons. The summed E-state index contributed by atoms with van der Waals surface area (Å²) < 4.78 is 10.7. The zero-order chi connectivity index (χ0) is 26.5. The van der Waals surface area contributed by atoms with Crippen LogP contribution in [0.5, 0.6) is 5.75 Å². The molecule has 3 aromatic rings. The first kappa shape index (κ1) is 26.6. The lowest BCUT2D eigenvalue weighted by atomic mass is 10.1. The molecule has 0 unspecified atom stereocenters. The van der Waals surface area contributed by atoms with Crippen molar-refractivity contribution in [2.24, 2.45) is 5.10 Å². The summed E-state index contributed by atoms with van der Waals surface area (Å²) in [5.41, 5.74) is 2.59. The number of morpholine rings is 1. The molecule has 0 saturated carbocycles. The minimum Gasteiger partial charge on any atom is -0.497 e. The molecule has 10 heteroatoms. The monoisotopic (exact) mass is 552 g/mol. The van der Waals surface area contributed by atoms with E-state index in [9.17, 15) is 9.59 Å². The second kappa shape index (κ2) is 12.2. The standard InChI is InChI=1S/C28H32N4O4S2/c1-20-9-17-38-27(20)24-18-23(25-4-3-16-37-25)29-32(24)26(33)19-31(11-10-30-12-14-36-15-13-30)28(34)21-5-7-22(35-2)8-6-21/h3-9,16-17,24H,10-15,18-19H2,1-2H3/t24-/m0/s1. The maximum absolute atomic E-state index is 13.9. The van der Waals surface area contributed by atoms with Gasteiger partial charge in [-0.1, -0.05) is 6.07 Å². The minimum atomic E-state index is -0.182. The van der Waals surface area contributed by atoms with Crippen LogP contribution in [0, 0.1) is 6.92 Å². The zero-order valence-electron chi connectivity index (χ0n) is 21.7. The summed E-state index contributed by atoms with van der Waals surface area (Å²) in [6.07, 6.45) is 0.661. The molecule has 0 radical (unpaired) electrons. The first-order valence-electron chi connectivity index (χ1n) is 12.7. The highest BCUT2D eigenvalue weighted by atomic mass is 32.1. The van der Waals surface area contributed by atoms with E-state index >= 15 is 0 Å². The van der Waals surface area contributed by atoms with Gasteiger partial charge in [-0.15, -0.1) is 22.7 Å². The number of aryl methyl sites for hydroxylation is 1. The Bertz CT molecular complexity index is 1270. The van der Waals surface area contributed by atoms with Gasteiger partial charge >= 0.3 is 0 Å². The van der Waals surface area contributed by atoms with Crippen molar-refractivity contribution in [3.05, 3.63) is 74.1 Å². The maximum atomic E-state index is 13.9. The molecule has 4 heterocycles. The van der Waals surface area contributed by atoms with Gasteiger partial charge in [0.2, 0.25) is 0 Å². The van der Waals surface area contributed by atoms with E-state index in [1.165, 1.54) is 0 Å². The van der Waals surface area contributed by atoms with Crippen molar-refractivity contribution in [3.63, 3.8) is 0 Å². The lowest BCUT2D eigenvalue weighted by Crippen LogP contribution is -2.46. The van der Waals surface area contributed by atoms with Gasteiger partial charge in [-0.25, -0.2) is 5.01 Å². The molecule has 0 bridgehead atoms. The van der Waals surface area contributed by atoms with E-state index < -0.39 is 0 Å². The Hall–Kier alpha value is -3.05. The molecule has 0 N–H and O–H groups in total. The predicted molar refractivity (Wildman–Crippen MR) is 150 cm³/mol. The van der Waals surface area contributed by atoms with Crippen LogP contribution in [0.25, 0.3) is 0 Å². The number of nitrogens with zero attached hydrogens (tertiary/aromatic N) is 4. The number of thiophene rings is 2. The number of hydrogen-bond donors (Lipinski definition) is 0. The third-order valence-electron chi connectivity index (χ3n) is 6.92. The van der Waals surface area contributed by atoms with Crippen molar-refractivity contribution in [2.45, 2.75) is 19.4 Å². The summed E-state index contributed by atoms with van der Waals surface area (Å²) in [5.74, 6) is 0.317. The summed E-state index contributed by atoms with van der Waals surface area (Å²) in [7, 11) is 1.59. The molecule has 2 amide bonds. The van der Waals surface area contributed by atoms with E-state index in [1.807, 2.05) is 17.5 Å². The van der Waals surface area contributed by atoms with Crippen LogP contribution in [0.15, 0.2) is 58.3 Å². The molecule has 38 heavy (non-hydrogen) atoms. The van der Waals surface area contributed by atoms with Gasteiger partial charge in [0.1, 0.15) is 12.3 Å². The Labute approximate surface area is 231 Å². The van der Waals surface area contributed by atoms with Gasteiger partial charge in [0, 0.05) is 43.0 Å².